The Bertz CT molecular complexity index is 617. The van der Waals surface area contributed by atoms with E-state index in [1.54, 1.807) is 6.20 Å². The average Bonchev–Trinajstić information content (AvgIpc) is 3.11. The highest BCUT2D eigenvalue weighted by atomic mass is 16.4. The molecule has 2 atom stereocenters. The fourth-order valence-corrected chi connectivity index (χ4v) is 2.05. The number of nitrogens with one attached hydrogen (secondary N) is 3. The van der Waals surface area contributed by atoms with Crippen LogP contribution < -0.4 is 22.1 Å². The third kappa shape index (κ3) is 12.4. The first-order chi connectivity index (χ1) is 13.2. The number of rotatable bonds is 11. The Labute approximate surface area is 162 Å². The number of nitrogens with two attached hydrogens (primary N) is 2. The first-order valence-corrected chi connectivity index (χ1v) is 8.59. The van der Waals surface area contributed by atoms with Gasteiger partial charge in [-0.3, -0.25) is 19.2 Å². The highest BCUT2D eigenvalue weighted by Gasteiger charge is 2.24. The van der Waals surface area contributed by atoms with Gasteiger partial charge in [-0.15, -0.1) is 0 Å². The smallest absolute Gasteiger partial charge is 0.322 e. The van der Waals surface area contributed by atoms with E-state index in [1.807, 2.05) is 0 Å². The summed E-state index contributed by atoms with van der Waals surface area (Å²) in [5.74, 6) is -3.05. The Morgan fingerprint density at radius 3 is 2.36 bits per heavy atom. The fourth-order valence-electron chi connectivity index (χ4n) is 2.05. The van der Waals surface area contributed by atoms with Gasteiger partial charge in [0.15, 0.2) is 0 Å². The molecule has 1 rings (SSSR count). The summed E-state index contributed by atoms with van der Waals surface area (Å²) < 4.78 is 0. The van der Waals surface area contributed by atoms with Crippen molar-refractivity contribution in [3.63, 3.8) is 0 Å². The predicted octanol–water partition coefficient (Wildman–Crippen LogP) is -1.81. The van der Waals surface area contributed by atoms with E-state index >= 15 is 0 Å². The zero-order valence-electron chi connectivity index (χ0n) is 15.7. The number of carbonyl (C=O) groups excluding carboxylic acids is 2. The number of H-pyrrole nitrogens is 1. The lowest BCUT2D eigenvalue weighted by atomic mass is 10.1. The van der Waals surface area contributed by atoms with Gasteiger partial charge in [-0.2, -0.15) is 0 Å². The molecule has 0 fully saturated rings. The van der Waals surface area contributed by atoms with Crippen LogP contribution >= 0.6 is 0 Å². The predicted molar refractivity (Wildman–Crippen MR) is 99.1 cm³/mol. The Balaban J connectivity index is 0.00000165. The summed E-state index contributed by atoms with van der Waals surface area (Å²) in [6, 6.07) is -1.70. The number of carboxylic acid groups (broad SMARTS) is 2. The van der Waals surface area contributed by atoms with Gasteiger partial charge in [-0.25, -0.2) is 4.98 Å². The summed E-state index contributed by atoms with van der Waals surface area (Å²) in [5.41, 5.74) is 11.9. The largest absolute Gasteiger partial charge is 0.481 e. The van der Waals surface area contributed by atoms with Crippen LogP contribution in [-0.4, -0.2) is 69.1 Å². The number of hydrogen-bond donors (Lipinski definition) is 7. The van der Waals surface area contributed by atoms with Gasteiger partial charge in [0, 0.05) is 25.2 Å². The van der Waals surface area contributed by atoms with Crippen LogP contribution in [0.4, 0.5) is 0 Å². The molecule has 0 aliphatic rings. The fraction of sp³-hybridized carbons (Fsp3) is 0.562. The second-order valence-electron chi connectivity index (χ2n) is 5.86. The summed E-state index contributed by atoms with van der Waals surface area (Å²) in [4.78, 5) is 50.4. The average molecular weight is 400 g/mol. The van der Waals surface area contributed by atoms with E-state index in [4.69, 9.17) is 26.5 Å². The zero-order valence-corrected chi connectivity index (χ0v) is 15.7. The van der Waals surface area contributed by atoms with Crippen LogP contribution in [0.5, 0.6) is 0 Å². The maximum Gasteiger partial charge on any atom is 0.322 e. The topological polar surface area (TPSA) is 214 Å². The van der Waals surface area contributed by atoms with Crippen molar-refractivity contribution >= 4 is 23.8 Å². The van der Waals surface area contributed by atoms with Gasteiger partial charge in [-0.05, 0) is 25.8 Å². The monoisotopic (exact) mass is 400 g/mol. The first-order valence-electron chi connectivity index (χ1n) is 8.59. The van der Waals surface area contributed by atoms with Gasteiger partial charge in [-0.1, -0.05) is 0 Å². The molecule has 1 heterocycles. The van der Waals surface area contributed by atoms with Crippen molar-refractivity contribution in [3.8, 4) is 0 Å². The first kappa shape index (κ1) is 25.0. The number of imidazole rings is 1. The summed E-state index contributed by atoms with van der Waals surface area (Å²) in [6.07, 6.45) is 4.96. The molecule has 0 radical (unpaired) electrons. The minimum Gasteiger partial charge on any atom is -0.481 e. The number of nitrogens with zero attached hydrogens (tertiary/aromatic N) is 1. The van der Waals surface area contributed by atoms with Crippen LogP contribution in [0.25, 0.3) is 0 Å². The van der Waals surface area contributed by atoms with Crippen LogP contribution in [-0.2, 0) is 25.6 Å². The van der Waals surface area contributed by atoms with Gasteiger partial charge in [0.25, 0.3) is 5.97 Å². The highest BCUT2D eigenvalue weighted by Crippen LogP contribution is 2.03. The third-order valence-corrected chi connectivity index (χ3v) is 3.33. The zero-order chi connectivity index (χ0) is 21.5. The molecule has 0 unspecified atom stereocenters. The summed E-state index contributed by atoms with van der Waals surface area (Å²) in [7, 11) is 0. The molecule has 12 nitrogen and oxygen atoms in total. The second kappa shape index (κ2) is 14.1. The van der Waals surface area contributed by atoms with Crippen molar-refractivity contribution in [2.24, 2.45) is 11.5 Å². The van der Waals surface area contributed by atoms with Crippen molar-refractivity contribution in [3.05, 3.63) is 18.2 Å². The van der Waals surface area contributed by atoms with Gasteiger partial charge in [0.1, 0.15) is 12.6 Å². The maximum atomic E-state index is 12.2. The number of carbonyl (C=O) groups is 4. The second-order valence-corrected chi connectivity index (χ2v) is 5.86. The molecule has 158 valence electrons. The molecule has 0 spiro atoms. The standard InChI is InChI=1S/C14H24N6O4.C2H4O2/c15-4-2-1-3-11(14(24)18-7-12(21)22)20-13(23)10(16)5-9-6-17-8-19-9;1-2(3)4/h6,8,10-11H,1-5,7,15-16H2,(H,17,19)(H,18,24)(H,20,23)(H,21,22);1H3,(H,3,4)/t10-,11-;/m0./s1. The van der Waals surface area contributed by atoms with Gasteiger partial charge < -0.3 is 37.3 Å². The van der Waals surface area contributed by atoms with Crippen molar-refractivity contribution in [2.45, 2.75) is 44.7 Å². The van der Waals surface area contributed by atoms with E-state index in [9.17, 15) is 14.4 Å². The molecule has 0 saturated heterocycles. The molecule has 1 aromatic rings. The molecule has 9 N–H and O–H groups in total. The normalized spacial score (nSPS) is 12.1. The van der Waals surface area contributed by atoms with E-state index < -0.39 is 42.4 Å². The minimum atomic E-state index is -1.16. The Hall–Kier alpha value is -2.99. The molecule has 0 aliphatic carbocycles. The third-order valence-electron chi connectivity index (χ3n) is 3.33. The van der Waals surface area contributed by atoms with Crippen LogP contribution in [0, 0.1) is 0 Å². The Morgan fingerprint density at radius 2 is 1.86 bits per heavy atom. The van der Waals surface area contributed by atoms with E-state index in [2.05, 4.69) is 20.6 Å². The number of aliphatic carboxylic acids is 2. The number of unbranched alkanes of at least 4 members (excludes halogenated alkanes) is 1. The highest BCUT2D eigenvalue weighted by molar-refractivity contribution is 5.91. The van der Waals surface area contributed by atoms with E-state index in [0.29, 0.717) is 31.5 Å². The van der Waals surface area contributed by atoms with Crippen molar-refractivity contribution in [1.82, 2.24) is 20.6 Å². The van der Waals surface area contributed by atoms with Gasteiger partial charge in [0.05, 0.1) is 12.4 Å². The Morgan fingerprint density at radius 1 is 1.21 bits per heavy atom. The minimum absolute atomic E-state index is 0.248. The van der Waals surface area contributed by atoms with Crippen molar-refractivity contribution in [2.75, 3.05) is 13.1 Å². The summed E-state index contributed by atoms with van der Waals surface area (Å²) >= 11 is 0. The lowest BCUT2D eigenvalue weighted by Gasteiger charge is -2.20. The van der Waals surface area contributed by atoms with Crippen LogP contribution in [0.1, 0.15) is 31.9 Å². The molecular weight excluding hydrogens is 372 g/mol. The van der Waals surface area contributed by atoms with E-state index in [-0.39, 0.29) is 6.42 Å². The van der Waals surface area contributed by atoms with Crippen molar-refractivity contribution in [1.29, 1.82) is 0 Å². The van der Waals surface area contributed by atoms with E-state index in [1.165, 1.54) is 6.33 Å². The van der Waals surface area contributed by atoms with Gasteiger partial charge >= 0.3 is 5.97 Å². The molecular formula is C16H28N6O6. The maximum absolute atomic E-state index is 12.2. The molecule has 28 heavy (non-hydrogen) atoms. The Kier molecular flexibility index (Phi) is 12.6. The molecule has 0 bridgehead atoms. The molecule has 2 amide bonds. The summed E-state index contributed by atoms with van der Waals surface area (Å²) in [6.45, 7) is 1.04. The molecule has 0 aliphatic heterocycles. The van der Waals surface area contributed by atoms with Gasteiger partial charge in [0.2, 0.25) is 11.8 Å². The van der Waals surface area contributed by atoms with Crippen molar-refractivity contribution < 1.29 is 29.4 Å². The quantitative estimate of drug-likeness (QED) is 0.208. The van der Waals surface area contributed by atoms with Crippen LogP contribution in [0.2, 0.25) is 0 Å². The molecule has 1 aromatic heterocycles. The number of aromatic amines is 1. The molecule has 12 heteroatoms. The van der Waals surface area contributed by atoms with Crippen LogP contribution in [0.15, 0.2) is 12.5 Å². The number of hydrogen-bond acceptors (Lipinski definition) is 7. The van der Waals surface area contributed by atoms with E-state index in [0.717, 1.165) is 6.92 Å². The van der Waals surface area contributed by atoms with Crippen LogP contribution in [0.3, 0.4) is 0 Å². The summed E-state index contributed by atoms with van der Waals surface area (Å²) in [5, 5.41) is 20.9. The number of aromatic nitrogens is 2. The lowest BCUT2D eigenvalue weighted by molar-refractivity contribution is -0.138. The molecule has 0 saturated carbocycles. The lowest BCUT2D eigenvalue weighted by Crippen LogP contribution is -2.52. The SMILES string of the molecule is CC(=O)O.NCCCC[C@H](NC(=O)[C@@H](N)Cc1cnc[nH]1)C(=O)NCC(=O)O. The number of carboxylic acids is 2. The molecule has 0 aromatic carbocycles. The number of amides is 2.